The summed E-state index contributed by atoms with van der Waals surface area (Å²) in [7, 11) is -2.85. The van der Waals surface area contributed by atoms with Crippen molar-refractivity contribution in [3.8, 4) is 0 Å². The van der Waals surface area contributed by atoms with E-state index >= 15 is 0 Å². The van der Waals surface area contributed by atoms with Crippen molar-refractivity contribution in [3.05, 3.63) is 60.7 Å². The number of hydrogen-bond acceptors (Lipinski definition) is 1. The molecule has 0 atom stereocenters. The molecular formula is C18H20ClOP. The Morgan fingerprint density at radius 1 is 0.762 bits per heavy atom. The van der Waals surface area contributed by atoms with Gasteiger partial charge in [-0.2, -0.15) is 0 Å². The minimum absolute atomic E-state index is 0.631. The van der Waals surface area contributed by atoms with E-state index in [1.165, 1.54) is 6.42 Å². The summed E-state index contributed by atoms with van der Waals surface area (Å²) >= 11 is 6.99. The molecule has 0 saturated heterocycles. The van der Waals surface area contributed by atoms with Crippen molar-refractivity contribution in [2.45, 2.75) is 36.7 Å². The molecule has 110 valence electrons. The third-order valence-corrected chi connectivity index (χ3v) is 9.14. The van der Waals surface area contributed by atoms with E-state index in [0.717, 1.165) is 36.3 Å². The molecule has 0 bridgehead atoms. The lowest BCUT2D eigenvalue weighted by molar-refractivity contribution is 0.460. The number of rotatable bonds is 3. The molecule has 2 aromatic carbocycles. The van der Waals surface area contributed by atoms with Crippen LogP contribution in [0.5, 0.6) is 0 Å². The van der Waals surface area contributed by atoms with Gasteiger partial charge in [0.2, 0.25) is 0 Å². The fraction of sp³-hybridized carbons (Fsp3) is 0.333. The molecule has 0 N–H and O–H groups in total. The molecule has 0 amide bonds. The van der Waals surface area contributed by atoms with Crippen LogP contribution in [0.1, 0.15) is 32.1 Å². The molecule has 3 rings (SSSR count). The zero-order valence-electron chi connectivity index (χ0n) is 12.0. The second-order valence-electron chi connectivity index (χ2n) is 5.76. The highest BCUT2D eigenvalue weighted by molar-refractivity contribution is 7.81. The van der Waals surface area contributed by atoms with Gasteiger partial charge < -0.3 is 4.57 Å². The van der Waals surface area contributed by atoms with Crippen molar-refractivity contribution in [3.63, 3.8) is 0 Å². The third-order valence-electron chi connectivity index (χ3n) is 4.42. The predicted molar refractivity (Wildman–Crippen MR) is 91.4 cm³/mol. The summed E-state index contributed by atoms with van der Waals surface area (Å²) in [5.74, 6) is 0. The van der Waals surface area contributed by atoms with Gasteiger partial charge in [0, 0.05) is 10.6 Å². The van der Waals surface area contributed by atoms with Crippen LogP contribution in [0.2, 0.25) is 0 Å². The fourth-order valence-electron chi connectivity index (χ4n) is 3.30. The molecule has 1 nitrogen and oxygen atoms in total. The standard InChI is InChI=1S/C18H20ClOP/c19-18(14-8-3-9-15-18)21(20,16-10-4-1-5-11-16)17-12-6-2-7-13-17/h1-2,4-7,10-13H,3,8-9,14-15H2. The quantitative estimate of drug-likeness (QED) is 0.581. The highest BCUT2D eigenvalue weighted by Crippen LogP contribution is 2.63. The van der Waals surface area contributed by atoms with Gasteiger partial charge in [0.15, 0.2) is 7.14 Å². The molecule has 1 aliphatic rings. The topological polar surface area (TPSA) is 17.1 Å². The van der Waals surface area contributed by atoms with Crippen LogP contribution in [0, 0.1) is 0 Å². The maximum atomic E-state index is 14.2. The van der Waals surface area contributed by atoms with E-state index in [4.69, 9.17) is 11.6 Å². The van der Waals surface area contributed by atoms with E-state index < -0.39 is 11.8 Å². The predicted octanol–water partition coefficient (Wildman–Crippen LogP) is 4.90. The van der Waals surface area contributed by atoms with Gasteiger partial charge in [-0.05, 0) is 12.8 Å². The number of benzene rings is 2. The summed E-state index contributed by atoms with van der Waals surface area (Å²) in [4.78, 5) is 0. The molecule has 0 aromatic heterocycles. The van der Waals surface area contributed by atoms with Crippen LogP contribution < -0.4 is 10.6 Å². The number of halogens is 1. The van der Waals surface area contributed by atoms with Gasteiger partial charge >= 0.3 is 0 Å². The monoisotopic (exact) mass is 318 g/mol. The van der Waals surface area contributed by atoms with Crippen molar-refractivity contribution >= 4 is 29.4 Å². The van der Waals surface area contributed by atoms with E-state index in [2.05, 4.69) is 0 Å². The van der Waals surface area contributed by atoms with Crippen LogP contribution in [-0.4, -0.2) is 4.62 Å². The lowest BCUT2D eigenvalue weighted by atomic mass is 10.00. The summed E-state index contributed by atoms with van der Waals surface area (Å²) in [5, 5.41) is 1.77. The Morgan fingerprint density at radius 3 is 1.62 bits per heavy atom. The van der Waals surface area contributed by atoms with Gasteiger partial charge in [0.1, 0.15) is 4.62 Å². The van der Waals surface area contributed by atoms with Gasteiger partial charge in [0.05, 0.1) is 0 Å². The first-order valence-electron chi connectivity index (χ1n) is 7.57. The van der Waals surface area contributed by atoms with Crippen LogP contribution in [0.25, 0.3) is 0 Å². The molecule has 21 heavy (non-hydrogen) atoms. The molecule has 0 radical (unpaired) electrons. The van der Waals surface area contributed by atoms with Crippen LogP contribution in [-0.2, 0) is 4.57 Å². The summed E-state index contributed by atoms with van der Waals surface area (Å²) in [5.41, 5.74) is 0. The maximum absolute atomic E-state index is 14.2. The Balaban J connectivity index is 2.18. The molecule has 0 heterocycles. The van der Waals surface area contributed by atoms with Crippen molar-refractivity contribution in [1.29, 1.82) is 0 Å². The highest BCUT2D eigenvalue weighted by atomic mass is 35.5. The Kier molecular flexibility index (Phi) is 4.24. The van der Waals surface area contributed by atoms with Gasteiger partial charge in [0.25, 0.3) is 0 Å². The van der Waals surface area contributed by atoms with Gasteiger partial charge in [-0.15, -0.1) is 11.6 Å². The smallest absolute Gasteiger partial charge is 0.163 e. The lowest BCUT2D eigenvalue weighted by Gasteiger charge is -2.39. The zero-order chi connectivity index (χ0) is 14.8. The van der Waals surface area contributed by atoms with E-state index in [1.54, 1.807) is 0 Å². The Labute approximate surface area is 131 Å². The average molecular weight is 319 g/mol. The molecule has 2 aromatic rings. The SMILES string of the molecule is O=P(c1ccccc1)(c1ccccc1)C1(Cl)CCCCC1. The minimum atomic E-state index is -2.85. The van der Waals surface area contributed by atoms with Gasteiger partial charge in [-0.25, -0.2) is 0 Å². The number of hydrogen-bond donors (Lipinski definition) is 0. The maximum Gasteiger partial charge on any atom is 0.163 e. The summed E-state index contributed by atoms with van der Waals surface area (Å²) in [6.45, 7) is 0. The van der Waals surface area contributed by atoms with E-state index in [1.807, 2.05) is 60.7 Å². The van der Waals surface area contributed by atoms with E-state index in [-0.39, 0.29) is 0 Å². The summed E-state index contributed by atoms with van der Waals surface area (Å²) in [6, 6.07) is 19.6. The zero-order valence-corrected chi connectivity index (χ0v) is 13.7. The minimum Gasteiger partial charge on any atom is -0.312 e. The summed E-state index contributed by atoms with van der Waals surface area (Å²) < 4.78 is 13.5. The molecular weight excluding hydrogens is 299 g/mol. The van der Waals surface area contributed by atoms with E-state index in [9.17, 15) is 4.57 Å². The largest absolute Gasteiger partial charge is 0.312 e. The molecule has 0 unspecified atom stereocenters. The molecule has 0 aliphatic heterocycles. The van der Waals surface area contributed by atoms with Crippen molar-refractivity contribution in [2.24, 2.45) is 0 Å². The fourth-order valence-corrected chi connectivity index (χ4v) is 7.50. The third kappa shape index (κ3) is 2.58. The number of alkyl halides is 1. The molecule has 1 aliphatic carbocycles. The second-order valence-corrected chi connectivity index (χ2v) is 9.85. The normalized spacial score (nSPS) is 18.3. The second kappa shape index (κ2) is 5.99. The molecule has 1 fully saturated rings. The highest BCUT2D eigenvalue weighted by Gasteiger charge is 2.49. The van der Waals surface area contributed by atoms with Crippen molar-refractivity contribution in [2.75, 3.05) is 0 Å². The molecule has 0 spiro atoms. The Morgan fingerprint density at radius 2 is 1.19 bits per heavy atom. The lowest BCUT2D eigenvalue weighted by Crippen LogP contribution is -2.35. The van der Waals surface area contributed by atoms with Crippen LogP contribution in [0.4, 0.5) is 0 Å². The van der Waals surface area contributed by atoms with Crippen molar-refractivity contribution < 1.29 is 4.57 Å². The molecule has 3 heteroatoms. The van der Waals surface area contributed by atoms with E-state index in [0.29, 0.717) is 0 Å². The average Bonchev–Trinajstić information content (AvgIpc) is 2.56. The molecule has 1 saturated carbocycles. The van der Waals surface area contributed by atoms with Gasteiger partial charge in [-0.1, -0.05) is 79.9 Å². The summed E-state index contributed by atoms with van der Waals surface area (Å²) in [6.07, 6.45) is 4.98. The first kappa shape index (κ1) is 14.9. The first-order chi connectivity index (χ1) is 10.2. The van der Waals surface area contributed by atoms with Gasteiger partial charge in [-0.3, -0.25) is 0 Å². The van der Waals surface area contributed by atoms with Crippen molar-refractivity contribution in [1.82, 2.24) is 0 Å². The Bertz CT molecular complexity index is 589. The first-order valence-corrected chi connectivity index (χ1v) is 9.66. The Hall–Kier alpha value is -1.04. The van der Waals surface area contributed by atoms with Crippen LogP contribution in [0.15, 0.2) is 60.7 Å². The van der Waals surface area contributed by atoms with Crippen LogP contribution in [0.3, 0.4) is 0 Å². The van der Waals surface area contributed by atoms with Crippen LogP contribution >= 0.6 is 18.7 Å².